The highest BCUT2D eigenvalue weighted by Crippen LogP contribution is 2.18. The lowest BCUT2D eigenvalue weighted by atomic mass is 10.3. The predicted molar refractivity (Wildman–Crippen MR) is 72.7 cm³/mol. The van der Waals surface area contributed by atoms with Gasteiger partial charge in [-0.05, 0) is 18.3 Å². The van der Waals surface area contributed by atoms with Crippen LogP contribution in [0.25, 0.3) is 11.0 Å². The summed E-state index contributed by atoms with van der Waals surface area (Å²) in [4.78, 5) is 16.9. The first kappa shape index (κ1) is 15.7. The van der Waals surface area contributed by atoms with Crippen LogP contribution in [0.15, 0.2) is 17.1 Å². The molecule has 116 valence electrons. The number of fused-ring (bicyclic) bond motifs is 1. The predicted octanol–water partition coefficient (Wildman–Crippen LogP) is 1.47. The number of nitrogens with zero attached hydrogens (tertiary/aromatic N) is 1. The third-order valence-electron chi connectivity index (χ3n) is 2.86. The van der Waals surface area contributed by atoms with Gasteiger partial charge in [-0.15, -0.1) is 0 Å². The van der Waals surface area contributed by atoms with Gasteiger partial charge in [0.05, 0.1) is 18.2 Å². The van der Waals surface area contributed by atoms with Crippen molar-refractivity contribution < 1.29 is 17.9 Å². The quantitative estimate of drug-likeness (QED) is 0.727. The van der Waals surface area contributed by atoms with Crippen LogP contribution < -0.4 is 11.3 Å². The molecule has 0 spiro atoms. The average molecular weight is 322 g/mol. The third kappa shape index (κ3) is 3.52. The number of ether oxygens (including phenoxy) is 1. The van der Waals surface area contributed by atoms with Crippen molar-refractivity contribution in [3.8, 4) is 0 Å². The first-order valence-corrected chi connectivity index (χ1v) is 6.41. The highest BCUT2D eigenvalue weighted by Gasteiger charge is 2.28. The van der Waals surface area contributed by atoms with Crippen molar-refractivity contribution in [1.29, 1.82) is 0 Å². The standard InChI is InChI=1S/C11H13F3N4O2S/c12-11(13,14)5-20-4-6(3-15)18-7-1-2-16-8(7)9(19)17-10(18)21/h1-2,6,16H,3-5,15H2,(H,17,19,21). The van der Waals surface area contributed by atoms with Gasteiger partial charge >= 0.3 is 6.18 Å². The SMILES string of the molecule is NCC(COCC(F)(F)F)n1c(=S)[nH]c(=O)c2[nH]ccc21. The summed E-state index contributed by atoms with van der Waals surface area (Å²) in [5.74, 6) is 0. The lowest BCUT2D eigenvalue weighted by Crippen LogP contribution is -2.29. The van der Waals surface area contributed by atoms with E-state index in [0.29, 0.717) is 5.52 Å². The maximum absolute atomic E-state index is 12.1. The molecule has 1 atom stereocenters. The van der Waals surface area contributed by atoms with Crippen LogP contribution in [0.1, 0.15) is 6.04 Å². The molecule has 0 aliphatic heterocycles. The number of aromatic nitrogens is 3. The summed E-state index contributed by atoms with van der Waals surface area (Å²) in [5.41, 5.74) is 5.93. The summed E-state index contributed by atoms with van der Waals surface area (Å²) < 4.78 is 42.5. The van der Waals surface area contributed by atoms with Gasteiger partial charge < -0.3 is 20.0 Å². The molecule has 0 aromatic carbocycles. The Morgan fingerprint density at radius 2 is 2.19 bits per heavy atom. The van der Waals surface area contributed by atoms with Crippen LogP contribution in [0.2, 0.25) is 0 Å². The van der Waals surface area contributed by atoms with Crippen LogP contribution in [0, 0.1) is 4.77 Å². The van der Waals surface area contributed by atoms with E-state index in [9.17, 15) is 18.0 Å². The molecule has 1 unspecified atom stereocenters. The number of halogens is 3. The number of nitrogens with one attached hydrogen (secondary N) is 2. The highest BCUT2D eigenvalue weighted by atomic mass is 32.1. The second kappa shape index (κ2) is 6.00. The Bertz CT molecular complexity index is 733. The van der Waals surface area contributed by atoms with E-state index in [2.05, 4.69) is 14.7 Å². The Morgan fingerprint density at radius 3 is 2.81 bits per heavy atom. The second-order valence-electron chi connectivity index (χ2n) is 4.39. The van der Waals surface area contributed by atoms with E-state index in [1.165, 1.54) is 10.8 Å². The smallest absolute Gasteiger partial charge is 0.370 e. The molecule has 0 saturated heterocycles. The molecule has 10 heteroatoms. The minimum atomic E-state index is -4.41. The van der Waals surface area contributed by atoms with Crippen molar-refractivity contribution in [3.63, 3.8) is 0 Å². The van der Waals surface area contributed by atoms with E-state index < -0.39 is 24.4 Å². The van der Waals surface area contributed by atoms with Gasteiger partial charge in [0.15, 0.2) is 4.77 Å². The molecule has 6 nitrogen and oxygen atoms in total. The summed E-state index contributed by atoms with van der Waals surface area (Å²) in [6.07, 6.45) is -2.87. The van der Waals surface area contributed by atoms with Crippen LogP contribution in [0.5, 0.6) is 0 Å². The molecule has 0 saturated carbocycles. The first-order valence-electron chi connectivity index (χ1n) is 6.00. The van der Waals surface area contributed by atoms with Gasteiger partial charge in [0.25, 0.3) is 5.56 Å². The Kier molecular flexibility index (Phi) is 4.49. The zero-order valence-corrected chi connectivity index (χ0v) is 11.6. The maximum atomic E-state index is 12.1. The van der Waals surface area contributed by atoms with Crippen LogP contribution >= 0.6 is 12.2 Å². The van der Waals surface area contributed by atoms with E-state index in [4.69, 9.17) is 18.0 Å². The van der Waals surface area contributed by atoms with E-state index in [0.717, 1.165) is 0 Å². The highest BCUT2D eigenvalue weighted by molar-refractivity contribution is 7.71. The topological polar surface area (TPSA) is 88.8 Å². The van der Waals surface area contributed by atoms with E-state index in [1.54, 1.807) is 6.07 Å². The number of aromatic amines is 2. The molecule has 21 heavy (non-hydrogen) atoms. The zero-order chi connectivity index (χ0) is 15.6. The number of hydrogen-bond donors (Lipinski definition) is 3. The van der Waals surface area contributed by atoms with Crippen molar-refractivity contribution >= 4 is 23.3 Å². The Hall–Kier alpha value is -1.65. The van der Waals surface area contributed by atoms with Crippen molar-refractivity contribution in [3.05, 3.63) is 27.4 Å². The minimum Gasteiger partial charge on any atom is -0.370 e. The van der Waals surface area contributed by atoms with E-state index >= 15 is 0 Å². The fourth-order valence-corrected chi connectivity index (χ4v) is 2.33. The molecule has 0 fully saturated rings. The fraction of sp³-hybridized carbons (Fsp3) is 0.455. The monoisotopic (exact) mass is 322 g/mol. The molecule has 2 rings (SSSR count). The van der Waals surface area contributed by atoms with Crippen LogP contribution in [0.3, 0.4) is 0 Å². The Balaban J connectivity index is 2.32. The molecule has 4 N–H and O–H groups in total. The molecule has 2 aromatic rings. The number of alkyl halides is 3. The summed E-state index contributed by atoms with van der Waals surface area (Å²) >= 11 is 5.06. The molecular weight excluding hydrogens is 309 g/mol. The van der Waals surface area contributed by atoms with Crippen LogP contribution in [0.4, 0.5) is 13.2 Å². The third-order valence-corrected chi connectivity index (χ3v) is 3.16. The summed E-state index contributed by atoms with van der Waals surface area (Å²) in [6.45, 7) is -1.62. The molecule has 0 aliphatic carbocycles. The first-order chi connectivity index (χ1) is 9.83. The van der Waals surface area contributed by atoms with Gasteiger partial charge in [-0.2, -0.15) is 13.2 Å². The minimum absolute atomic E-state index is 0.0124. The number of hydrogen-bond acceptors (Lipinski definition) is 4. The van der Waals surface area contributed by atoms with Crippen molar-refractivity contribution in [2.45, 2.75) is 12.2 Å². The van der Waals surface area contributed by atoms with Gasteiger partial charge in [0, 0.05) is 12.7 Å². The fourth-order valence-electron chi connectivity index (χ4n) is 1.99. The van der Waals surface area contributed by atoms with E-state index in [-0.39, 0.29) is 23.4 Å². The average Bonchev–Trinajstić information content (AvgIpc) is 2.84. The van der Waals surface area contributed by atoms with Gasteiger partial charge in [-0.1, -0.05) is 0 Å². The van der Waals surface area contributed by atoms with Crippen LogP contribution in [-0.2, 0) is 4.74 Å². The largest absolute Gasteiger partial charge is 0.411 e. The summed E-state index contributed by atoms with van der Waals surface area (Å²) in [6, 6.07) is 0.988. The maximum Gasteiger partial charge on any atom is 0.411 e. The number of rotatable bonds is 5. The lowest BCUT2D eigenvalue weighted by molar-refractivity contribution is -0.175. The Morgan fingerprint density at radius 1 is 1.48 bits per heavy atom. The molecule has 2 aromatic heterocycles. The molecule has 0 amide bonds. The van der Waals surface area contributed by atoms with Gasteiger partial charge in [0.2, 0.25) is 0 Å². The normalized spacial score (nSPS) is 13.7. The Labute approximate surface area is 121 Å². The molecule has 0 bridgehead atoms. The van der Waals surface area contributed by atoms with E-state index in [1.807, 2.05) is 0 Å². The number of H-pyrrole nitrogens is 2. The number of nitrogens with two attached hydrogens (primary N) is 1. The molecule has 2 heterocycles. The van der Waals surface area contributed by atoms with Crippen molar-refractivity contribution in [2.24, 2.45) is 5.73 Å². The summed E-state index contributed by atoms with van der Waals surface area (Å²) in [7, 11) is 0. The van der Waals surface area contributed by atoms with Gasteiger partial charge in [-0.25, -0.2) is 0 Å². The summed E-state index contributed by atoms with van der Waals surface area (Å²) in [5, 5.41) is 0. The van der Waals surface area contributed by atoms with Crippen molar-refractivity contribution in [2.75, 3.05) is 19.8 Å². The molecule has 0 radical (unpaired) electrons. The van der Waals surface area contributed by atoms with Gasteiger partial charge in [0.1, 0.15) is 12.1 Å². The molecular formula is C11H13F3N4O2S. The van der Waals surface area contributed by atoms with Crippen molar-refractivity contribution in [1.82, 2.24) is 14.5 Å². The second-order valence-corrected chi connectivity index (χ2v) is 4.77. The van der Waals surface area contributed by atoms with Gasteiger partial charge in [-0.3, -0.25) is 9.78 Å². The molecule has 0 aliphatic rings. The zero-order valence-electron chi connectivity index (χ0n) is 10.7. The van der Waals surface area contributed by atoms with Crippen LogP contribution in [-0.4, -0.2) is 40.5 Å². The lowest BCUT2D eigenvalue weighted by Gasteiger charge is -2.20.